The predicted molar refractivity (Wildman–Crippen MR) is 116 cm³/mol. The number of rotatable bonds is 8. The largest absolute Gasteiger partial charge is 0.379 e. The van der Waals surface area contributed by atoms with Crippen molar-refractivity contribution >= 4 is 29.9 Å². The van der Waals surface area contributed by atoms with Crippen LogP contribution in [0.25, 0.3) is 0 Å². The fourth-order valence-corrected chi connectivity index (χ4v) is 3.40. The number of nitrogens with one attached hydrogen (secondary N) is 2. The number of halogens is 1. The Kier molecular flexibility index (Phi) is 12.8. The first kappa shape index (κ1) is 22.9. The van der Waals surface area contributed by atoms with Gasteiger partial charge in [0.15, 0.2) is 5.96 Å². The molecule has 0 bridgehead atoms. The number of likely N-dealkylation sites (tertiary alicyclic amines) is 1. The van der Waals surface area contributed by atoms with E-state index in [1.807, 2.05) is 0 Å². The maximum atomic E-state index is 5.38. The van der Waals surface area contributed by atoms with Crippen molar-refractivity contribution in [3.63, 3.8) is 0 Å². The van der Waals surface area contributed by atoms with E-state index in [1.165, 1.54) is 32.4 Å². The summed E-state index contributed by atoms with van der Waals surface area (Å²) in [5.74, 6) is 1.85. The van der Waals surface area contributed by atoms with Gasteiger partial charge in [0.1, 0.15) is 0 Å². The monoisotopic (exact) mass is 467 g/mol. The summed E-state index contributed by atoms with van der Waals surface area (Å²) in [4.78, 5) is 9.63. The van der Waals surface area contributed by atoms with Gasteiger partial charge in [-0.2, -0.15) is 0 Å². The minimum Gasteiger partial charge on any atom is -0.379 e. The molecule has 2 saturated heterocycles. The van der Waals surface area contributed by atoms with Gasteiger partial charge in [-0.05, 0) is 58.7 Å². The van der Waals surface area contributed by atoms with Crippen LogP contribution in [0.5, 0.6) is 0 Å². The molecule has 0 unspecified atom stereocenters. The Balaban J connectivity index is 0.00000312. The zero-order chi connectivity index (χ0) is 17.0. The normalized spacial score (nSPS) is 21.0. The van der Waals surface area contributed by atoms with Crippen molar-refractivity contribution < 1.29 is 4.74 Å². The van der Waals surface area contributed by atoms with Crippen LogP contribution in [0.15, 0.2) is 4.99 Å². The number of nitrogens with zero attached hydrogens (tertiary/aromatic N) is 3. The highest BCUT2D eigenvalue weighted by molar-refractivity contribution is 14.0. The molecule has 25 heavy (non-hydrogen) atoms. The van der Waals surface area contributed by atoms with Crippen LogP contribution in [0.1, 0.15) is 32.6 Å². The summed E-state index contributed by atoms with van der Waals surface area (Å²) in [6.45, 7) is 12.5. The van der Waals surface area contributed by atoms with Gasteiger partial charge in [-0.25, -0.2) is 0 Å². The van der Waals surface area contributed by atoms with E-state index in [4.69, 9.17) is 9.73 Å². The van der Waals surface area contributed by atoms with Gasteiger partial charge in [-0.1, -0.05) is 0 Å². The molecule has 6 nitrogen and oxygen atoms in total. The zero-order valence-electron chi connectivity index (χ0n) is 16.1. The molecule has 0 aromatic heterocycles. The molecule has 2 aliphatic heterocycles. The smallest absolute Gasteiger partial charge is 0.191 e. The number of aliphatic imine (C=N–C) groups is 1. The zero-order valence-corrected chi connectivity index (χ0v) is 18.5. The average Bonchev–Trinajstić information content (AvgIpc) is 2.61. The summed E-state index contributed by atoms with van der Waals surface area (Å²) in [5.41, 5.74) is 0. The highest BCUT2D eigenvalue weighted by Gasteiger charge is 2.16. The van der Waals surface area contributed by atoms with Gasteiger partial charge in [0, 0.05) is 39.3 Å². The third-order valence-corrected chi connectivity index (χ3v) is 5.03. The van der Waals surface area contributed by atoms with Gasteiger partial charge in [0.05, 0.1) is 13.2 Å². The Morgan fingerprint density at radius 2 is 1.84 bits per heavy atom. The maximum absolute atomic E-state index is 5.38. The summed E-state index contributed by atoms with van der Waals surface area (Å²) >= 11 is 0. The van der Waals surface area contributed by atoms with Crippen molar-refractivity contribution in [1.29, 1.82) is 0 Å². The molecule has 0 aliphatic carbocycles. The molecule has 0 spiro atoms. The van der Waals surface area contributed by atoms with Gasteiger partial charge in [0.25, 0.3) is 0 Å². The van der Waals surface area contributed by atoms with E-state index >= 15 is 0 Å². The lowest BCUT2D eigenvalue weighted by Crippen LogP contribution is -2.39. The summed E-state index contributed by atoms with van der Waals surface area (Å²) in [6, 6.07) is 0. The second-order valence-corrected chi connectivity index (χ2v) is 7.03. The molecular weight excluding hydrogens is 429 g/mol. The molecule has 2 rings (SSSR count). The number of ether oxygens (including phenoxy) is 1. The molecule has 2 fully saturated rings. The van der Waals surface area contributed by atoms with Crippen LogP contribution in [0, 0.1) is 5.92 Å². The number of morpholine rings is 1. The topological polar surface area (TPSA) is 52.1 Å². The number of hydrogen-bond donors (Lipinski definition) is 2. The standard InChI is InChI=1S/C18H37N5O.HI/c1-3-19-18(20-8-4-10-23-13-15-24-16-14-23)21-9-5-17-6-11-22(2)12-7-17;/h17H,3-16H2,1-2H3,(H2,19,20,21);1H. The molecule has 7 heteroatoms. The summed E-state index contributed by atoms with van der Waals surface area (Å²) in [6.07, 6.45) is 5.05. The Labute approximate surface area is 171 Å². The average molecular weight is 467 g/mol. The summed E-state index contributed by atoms with van der Waals surface area (Å²) < 4.78 is 5.38. The van der Waals surface area contributed by atoms with Crippen LogP contribution in [-0.2, 0) is 4.74 Å². The minimum absolute atomic E-state index is 0. The van der Waals surface area contributed by atoms with Crippen LogP contribution in [0.2, 0.25) is 0 Å². The van der Waals surface area contributed by atoms with E-state index in [1.54, 1.807) is 0 Å². The maximum Gasteiger partial charge on any atom is 0.191 e. The Morgan fingerprint density at radius 1 is 1.12 bits per heavy atom. The lowest BCUT2D eigenvalue weighted by molar-refractivity contribution is 0.0377. The highest BCUT2D eigenvalue weighted by atomic mass is 127. The van der Waals surface area contributed by atoms with Crippen molar-refractivity contribution in [2.45, 2.75) is 32.6 Å². The predicted octanol–water partition coefficient (Wildman–Crippen LogP) is 1.61. The molecule has 148 valence electrons. The highest BCUT2D eigenvalue weighted by Crippen LogP contribution is 2.18. The third-order valence-electron chi connectivity index (χ3n) is 5.03. The molecule has 0 radical (unpaired) electrons. The fourth-order valence-electron chi connectivity index (χ4n) is 3.40. The quantitative estimate of drug-likeness (QED) is 0.246. The van der Waals surface area contributed by atoms with Crippen LogP contribution in [-0.4, -0.2) is 88.4 Å². The van der Waals surface area contributed by atoms with Crippen molar-refractivity contribution in [2.75, 3.05) is 72.6 Å². The lowest BCUT2D eigenvalue weighted by Gasteiger charge is -2.29. The first-order valence-electron chi connectivity index (χ1n) is 9.78. The number of hydrogen-bond acceptors (Lipinski definition) is 4. The SMILES string of the molecule is CCNC(=NCCCN1CCOCC1)NCCC1CCN(C)CC1.I. The molecule has 2 N–H and O–H groups in total. The van der Waals surface area contributed by atoms with Crippen LogP contribution in [0.4, 0.5) is 0 Å². The number of piperidine rings is 1. The van der Waals surface area contributed by atoms with Crippen molar-refractivity contribution in [1.82, 2.24) is 20.4 Å². The van der Waals surface area contributed by atoms with Crippen LogP contribution in [0.3, 0.4) is 0 Å². The van der Waals surface area contributed by atoms with E-state index < -0.39 is 0 Å². The molecule has 0 saturated carbocycles. The van der Waals surface area contributed by atoms with Crippen LogP contribution >= 0.6 is 24.0 Å². The van der Waals surface area contributed by atoms with E-state index in [0.29, 0.717) is 0 Å². The van der Waals surface area contributed by atoms with E-state index in [0.717, 1.165) is 70.8 Å². The Hall–Kier alpha value is -0.120. The molecule has 2 heterocycles. The van der Waals surface area contributed by atoms with Crippen LogP contribution < -0.4 is 10.6 Å². The molecule has 0 amide bonds. The second kappa shape index (κ2) is 14.0. The van der Waals surface area contributed by atoms with Gasteiger partial charge in [0.2, 0.25) is 0 Å². The first-order chi connectivity index (χ1) is 11.8. The Morgan fingerprint density at radius 3 is 2.52 bits per heavy atom. The van der Waals surface area contributed by atoms with Gasteiger partial charge in [-0.15, -0.1) is 24.0 Å². The van der Waals surface area contributed by atoms with E-state index in [9.17, 15) is 0 Å². The van der Waals surface area contributed by atoms with Crippen molar-refractivity contribution in [3.8, 4) is 0 Å². The summed E-state index contributed by atoms with van der Waals surface area (Å²) in [5, 5.41) is 6.87. The molecule has 2 aliphatic rings. The van der Waals surface area contributed by atoms with Crippen molar-refractivity contribution in [2.24, 2.45) is 10.9 Å². The third kappa shape index (κ3) is 9.96. The molecular formula is C18H38IN5O. The second-order valence-electron chi connectivity index (χ2n) is 7.03. The number of guanidine groups is 1. The Bertz CT molecular complexity index is 355. The summed E-state index contributed by atoms with van der Waals surface area (Å²) in [7, 11) is 2.22. The van der Waals surface area contributed by atoms with Gasteiger partial charge >= 0.3 is 0 Å². The van der Waals surface area contributed by atoms with Crippen molar-refractivity contribution in [3.05, 3.63) is 0 Å². The minimum atomic E-state index is 0. The van der Waals surface area contributed by atoms with Gasteiger partial charge in [-0.3, -0.25) is 9.89 Å². The first-order valence-corrected chi connectivity index (χ1v) is 9.78. The van der Waals surface area contributed by atoms with E-state index in [2.05, 4.69) is 34.4 Å². The molecule has 0 atom stereocenters. The van der Waals surface area contributed by atoms with E-state index in [-0.39, 0.29) is 24.0 Å². The van der Waals surface area contributed by atoms with Gasteiger partial charge < -0.3 is 20.3 Å². The lowest BCUT2D eigenvalue weighted by atomic mass is 9.94. The molecule has 0 aromatic rings. The molecule has 0 aromatic carbocycles. The fraction of sp³-hybridized carbons (Fsp3) is 0.944.